The Morgan fingerprint density at radius 1 is 1.35 bits per heavy atom. The van der Waals surface area contributed by atoms with Gasteiger partial charge in [-0.05, 0) is 12.8 Å². The molecule has 1 atom stereocenters. The summed E-state index contributed by atoms with van der Waals surface area (Å²) < 4.78 is 6.78. The SMILES string of the molecule is COCCNC(=O)c1cn2c(nc1=O)[C@]1(CCN(C(=O)N(C)C)C1)CC2. The van der Waals surface area contributed by atoms with Crippen molar-refractivity contribution in [3.63, 3.8) is 0 Å². The first-order valence-corrected chi connectivity index (χ1v) is 8.73. The number of rotatable bonds is 4. The standard InChI is InChI=1S/C17H25N5O4/c1-20(2)16(25)22-8-5-17(11-22)4-7-21-10-12(14(24)19-15(17)21)13(23)18-6-9-26-3/h10H,4-9,11H2,1-3H3,(H,18,23)/t17-/m0/s1. The van der Waals surface area contributed by atoms with Crippen LogP contribution in [0.3, 0.4) is 0 Å². The first-order valence-electron chi connectivity index (χ1n) is 8.73. The third-order valence-electron chi connectivity index (χ3n) is 5.14. The fourth-order valence-electron chi connectivity index (χ4n) is 3.76. The van der Waals surface area contributed by atoms with Crippen molar-refractivity contribution in [3.8, 4) is 0 Å². The van der Waals surface area contributed by atoms with E-state index in [-0.39, 0.29) is 17.0 Å². The molecule has 9 nitrogen and oxygen atoms in total. The van der Waals surface area contributed by atoms with Gasteiger partial charge in [0.05, 0.1) is 6.61 Å². The highest BCUT2D eigenvalue weighted by atomic mass is 16.5. The number of urea groups is 1. The Balaban J connectivity index is 1.82. The summed E-state index contributed by atoms with van der Waals surface area (Å²) in [5.74, 6) is 0.247. The topological polar surface area (TPSA) is 96.8 Å². The highest BCUT2D eigenvalue weighted by Gasteiger charge is 2.47. The number of fused-ring (bicyclic) bond motifs is 2. The summed E-state index contributed by atoms with van der Waals surface area (Å²) in [6, 6.07) is -0.0307. The molecule has 142 valence electrons. The van der Waals surface area contributed by atoms with E-state index in [0.29, 0.717) is 38.6 Å². The molecule has 0 bridgehead atoms. The fraction of sp³-hybridized carbons (Fsp3) is 0.647. The van der Waals surface area contributed by atoms with E-state index in [1.165, 1.54) is 0 Å². The molecule has 2 aliphatic rings. The number of amides is 3. The van der Waals surface area contributed by atoms with E-state index in [2.05, 4.69) is 10.3 Å². The Kier molecular flexibility index (Phi) is 4.99. The van der Waals surface area contributed by atoms with Crippen LogP contribution in [0.15, 0.2) is 11.0 Å². The molecule has 9 heteroatoms. The number of nitrogens with zero attached hydrogens (tertiary/aromatic N) is 4. The van der Waals surface area contributed by atoms with E-state index in [4.69, 9.17) is 4.74 Å². The molecule has 26 heavy (non-hydrogen) atoms. The van der Waals surface area contributed by atoms with Crippen LogP contribution >= 0.6 is 0 Å². The number of likely N-dealkylation sites (tertiary alicyclic amines) is 1. The van der Waals surface area contributed by atoms with Gasteiger partial charge >= 0.3 is 6.03 Å². The number of hydrogen-bond donors (Lipinski definition) is 1. The molecular formula is C17H25N5O4. The Bertz CT molecular complexity index is 775. The minimum atomic E-state index is -0.523. The number of carbonyl (C=O) groups is 2. The summed E-state index contributed by atoms with van der Waals surface area (Å²) in [6.07, 6.45) is 3.18. The molecule has 3 amide bonds. The average molecular weight is 363 g/mol. The Morgan fingerprint density at radius 3 is 2.77 bits per heavy atom. The molecule has 0 saturated carbocycles. The van der Waals surface area contributed by atoms with Gasteiger partial charge in [0, 0.05) is 59.0 Å². The molecule has 3 rings (SSSR count). The highest BCUT2D eigenvalue weighted by molar-refractivity contribution is 5.93. The summed E-state index contributed by atoms with van der Waals surface area (Å²) in [4.78, 5) is 44.4. The van der Waals surface area contributed by atoms with Crippen molar-refractivity contribution in [2.75, 3.05) is 47.4 Å². The average Bonchev–Trinajstić information content (AvgIpc) is 3.19. The van der Waals surface area contributed by atoms with Gasteiger partial charge in [0.15, 0.2) is 0 Å². The van der Waals surface area contributed by atoms with Gasteiger partial charge in [-0.3, -0.25) is 9.59 Å². The lowest BCUT2D eigenvalue weighted by Crippen LogP contribution is -2.40. The van der Waals surface area contributed by atoms with Gasteiger partial charge in [0.2, 0.25) is 0 Å². The Labute approximate surface area is 151 Å². The van der Waals surface area contributed by atoms with Gasteiger partial charge in [0.1, 0.15) is 11.4 Å². The predicted molar refractivity (Wildman–Crippen MR) is 94.3 cm³/mol. The van der Waals surface area contributed by atoms with E-state index in [0.717, 1.165) is 12.8 Å². The third kappa shape index (κ3) is 3.18. The summed E-state index contributed by atoms with van der Waals surface area (Å²) in [5, 5.41) is 2.65. The molecular weight excluding hydrogens is 338 g/mol. The van der Waals surface area contributed by atoms with Crippen molar-refractivity contribution in [1.82, 2.24) is 24.7 Å². The second-order valence-electron chi connectivity index (χ2n) is 7.10. The maximum atomic E-state index is 12.4. The number of carbonyl (C=O) groups excluding carboxylic acids is 2. The van der Waals surface area contributed by atoms with E-state index >= 15 is 0 Å². The van der Waals surface area contributed by atoms with Crippen LogP contribution in [0.5, 0.6) is 0 Å². The van der Waals surface area contributed by atoms with Crippen molar-refractivity contribution in [2.24, 2.45) is 0 Å². The molecule has 0 unspecified atom stereocenters. The molecule has 0 aliphatic carbocycles. The van der Waals surface area contributed by atoms with Crippen LogP contribution in [0, 0.1) is 0 Å². The molecule has 0 radical (unpaired) electrons. The van der Waals surface area contributed by atoms with Crippen molar-refractivity contribution in [3.05, 3.63) is 27.9 Å². The van der Waals surface area contributed by atoms with Gasteiger partial charge < -0.3 is 24.4 Å². The maximum absolute atomic E-state index is 12.4. The van der Waals surface area contributed by atoms with Gasteiger partial charge in [-0.2, -0.15) is 4.98 Å². The van der Waals surface area contributed by atoms with Crippen molar-refractivity contribution >= 4 is 11.9 Å². The summed E-state index contributed by atoms with van der Waals surface area (Å²) in [6.45, 7) is 2.60. The predicted octanol–water partition coefficient (Wildman–Crippen LogP) is -0.352. The van der Waals surface area contributed by atoms with Crippen LogP contribution in [0.4, 0.5) is 4.79 Å². The number of nitrogens with one attached hydrogen (secondary N) is 1. The minimum absolute atomic E-state index is 0.0307. The molecule has 1 fully saturated rings. The quantitative estimate of drug-likeness (QED) is 0.738. The summed E-state index contributed by atoms with van der Waals surface area (Å²) in [5.41, 5.74) is -0.776. The van der Waals surface area contributed by atoms with Crippen LogP contribution in [-0.2, 0) is 16.7 Å². The summed E-state index contributed by atoms with van der Waals surface area (Å²) >= 11 is 0. The van der Waals surface area contributed by atoms with Crippen LogP contribution in [0.25, 0.3) is 0 Å². The maximum Gasteiger partial charge on any atom is 0.319 e. The summed E-state index contributed by atoms with van der Waals surface area (Å²) in [7, 11) is 5.00. The largest absolute Gasteiger partial charge is 0.383 e. The van der Waals surface area contributed by atoms with Gasteiger partial charge in [-0.1, -0.05) is 0 Å². The molecule has 1 N–H and O–H groups in total. The molecule has 1 aromatic rings. The van der Waals surface area contributed by atoms with E-state index in [1.807, 2.05) is 4.57 Å². The van der Waals surface area contributed by atoms with Gasteiger partial charge in [-0.15, -0.1) is 0 Å². The normalized spacial score (nSPS) is 21.1. The number of hydrogen-bond acceptors (Lipinski definition) is 5. The van der Waals surface area contributed by atoms with Crippen LogP contribution in [0.1, 0.15) is 29.0 Å². The lowest BCUT2D eigenvalue weighted by molar-refractivity contribution is 0.0934. The number of methoxy groups -OCH3 is 1. The third-order valence-corrected chi connectivity index (χ3v) is 5.14. The Morgan fingerprint density at radius 2 is 2.08 bits per heavy atom. The minimum Gasteiger partial charge on any atom is -0.383 e. The molecule has 1 saturated heterocycles. The Hall–Kier alpha value is -2.42. The second kappa shape index (κ2) is 7.06. The number of ether oxygens (including phenoxy) is 1. The molecule has 1 spiro atoms. The molecule has 2 aliphatic heterocycles. The molecule has 3 heterocycles. The van der Waals surface area contributed by atoms with Crippen molar-refractivity contribution in [1.29, 1.82) is 0 Å². The number of aromatic nitrogens is 2. The van der Waals surface area contributed by atoms with Crippen LogP contribution < -0.4 is 10.9 Å². The first kappa shape index (κ1) is 18.4. The van der Waals surface area contributed by atoms with E-state index in [9.17, 15) is 14.4 Å². The zero-order chi connectivity index (χ0) is 18.9. The lowest BCUT2D eigenvalue weighted by atomic mass is 9.85. The van der Waals surface area contributed by atoms with Crippen molar-refractivity contribution in [2.45, 2.75) is 24.8 Å². The fourth-order valence-corrected chi connectivity index (χ4v) is 3.76. The van der Waals surface area contributed by atoms with Gasteiger partial charge in [-0.25, -0.2) is 4.79 Å². The van der Waals surface area contributed by atoms with E-state index in [1.54, 1.807) is 37.2 Å². The monoisotopic (exact) mass is 363 g/mol. The second-order valence-corrected chi connectivity index (χ2v) is 7.10. The van der Waals surface area contributed by atoms with Gasteiger partial charge in [0.25, 0.3) is 11.5 Å². The number of aryl methyl sites for hydroxylation is 1. The smallest absolute Gasteiger partial charge is 0.319 e. The zero-order valence-corrected chi connectivity index (χ0v) is 15.4. The lowest BCUT2D eigenvalue weighted by Gasteiger charge is -2.25. The van der Waals surface area contributed by atoms with Crippen molar-refractivity contribution < 1.29 is 14.3 Å². The van der Waals surface area contributed by atoms with Crippen LogP contribution in [0.2, 0.25) is 0 Å². The van der Waals surface area contributed by atoms with E-state index < -0.39 is 11.5 Å². The molecule has 1 aromatic heterocycles. The highest BCUT2D eigenvalue weighted by Crippen LogP contribution is 2.41. The molecule has 0 aromatic carbocycles. The zero-order valence-electron chi connectivity index (χ0n) is 15.4. The van der Waals surface area contributed by atoms with Crippen LogP contribution in [-0.4, -0.2) is 78.7 Å². The first-order chi connectivity index (χ1) is 12.4.